The summed E-state index contributed by atoms with van der Waals surface area (Å²) in [5.41, 5.74) is 0.177. The molecule has 3 fully saturated rings. The van der Waals surface area contributed by atoms with E-state index in [0.29, 0.717) is 29.9 Å². The molecule has 11 nitrogen and oxygen atoms in total. The van der Waals surface area contributed by atoms with Crippen molar-refractivity contribution in [2.24, 2.45) is 11.8 Å². The van der Waals surface area contributed by atoms with Crippen LogP contribution in [0.15, 0.2) is 31.0 Å². The number of nitrogens with one attached hydrogen (secondary N) is 1. The zero-order chi connectivity index (χ0) is 21.8. The lowest BCUT2D eigenvalue weighted by molar-refractivity contribution is -0.122. The summed E-state index contributed by atoms with van der Waals surface area (Å²) in [6, 6.07) is 0. The molecule has 1 amide bonds. The summed E-state index contributed by atoms with van der Waals surface area (Å²) in [6.45, 7) is 1.94. The fraction of sp³-hybridized carbons (Fsp3) is 0.500. The van der Waals surface area contributed by atoms with Gasteiger partial charge in [0.2, 0.25) is 5.95 Å². The van der Waals surface area contributed by atoms with Crippen LogP contribution < -0.4 is 15.0 Å². The molecule has 31 heavy (non-hydrogen) atoms. The molecular formula is C20H24N6O5. The van der Waals surface area contributed by atoms with Gasteiger partial charge in [-0.15, -0.1) is 0 Å². The molecule has 3 aliphatic rings. The molecule has 0 unspecified atom stereocenters. The van der Waals surface area contributed by atoms with Crippen LogP contribution in [-0.2, 0) is 9.53 Å². The third-order valence-electron chi connectivity index (χ3n) is 6.21. The molecule has 5 rings (SSSR count). The third-order valence-corrected chi connectivity index (χ3v) is 6.21. The van der Waals surface area contributed by atoms with Gasteiger partial charge in [-0.2, -0.15) is 0 Å². The number of methoxy groups -OCH3 is 1. The zero-order valence-corrected chi connectivity index (χ0v) is 17.0. The number of aromatic nitrogens is 4. The van der Waals surface area contributed by atoms with Crippen molar-refractivity contribution in [1.82, 2.24) is 25.3 Å². The first-order valence-corrected chi connectivity index (χ1v) is 10.0. The van der Waals surface area contributed by atoms with Gasteiger partial charge in [0.15, 0.2) is 5.75 Å². The molecule has 3 aliphatic heterocycles. The Labute approximate surface area is 178 Å². The highest BCUT2D eigenvalue weighted by molar-refractivity contribution is 5.91. The Balaban J connectivity index is 0.000000730. The van der Waals surface area contributed by atoms with Crippen LogP contribution in [0.5, 0.6) is 5.75 Å². The molecule has 4 atom stereocenters. The number of fused-ring (bicyclic) bond motifs is 1. The summed E-state index contributed by atoms with van der Waals surface area (Å²) in [7, 11) is 1.60. The van der Waals surface area contributed by atoms with Gasteiger partial charge in [-0.05, 0) is 12.8 Å². The largest absolute Gasteiger partial charge is 0.494 e. The van der Waals surface area contributed by atoms with Crippen LogP contribution in [0, 0.1) is 11.8 Å². The molecule has 2 aromatic rings. The first-order valence-electron chi connectivity index (χ1n) is 10.0. The predicted octanol–water partition coefficient (Wildman–Crippen LogP) is 0.390. The van der Waals surface area contributed by atoms with Gasteiger partial charge in [0, 0.05) is 37.3 Å². The first kappa shape index (κ1) is 20.9. The van der Waals surface area contributed by atoms with Crippen molar-refractivity contribution in [3.63, 3.8) is 0 Å². The van der Waals surface area contributed by atoms with E-state index in [4.69, 9.17) is 19.4 Å². The van der Waals surface area contributed by atoms with E-state index in [-0.39, 0.29) is 30.0 Å². The highest BCUT2D eigenvalue weighted by Gasteiger charge is 2.63. The van der Waals surface area contributed by atoms with E-state index in [1.807, 2.05) is 0 Å². The van der Waals surface area contributed by atoms with E-state index in [9.17, 15) is 4.79 Å². The summed E-state index contributed by atoms with van der Waals surface area (Å²) >= 11 is 0. The number of nitrogens with zero attached hydrogens (tertiary/aromatic N) is 5. The Hall–Kier alpha value is -3.34. The number of carbonyl (C=O) groups is 2. The van der Waals surface area contributed by atoms with Gasteiger partial charge in [0.1, 0.15) is 5.69 Å². The number of hydrogen-bond acceptors (Lipinski definition) is 9. The standard InChI is InChI=1S/C19H22N6O3.CH2O2/c1-27-12-6-23-18(24-7-12)25-10-14-13(16-2-3-19(14,11-25)28-16)8-22-17(26)15-9-20-4-5-21-15;2-1-3/h4-7,9,13-14,16H,2-3,8,10-11H2,1H3,(H,22,26);1H,(H,2,3)/t13-,14+,16+,19+;/m0./s1. The quantitative estimate of drug-likeness (QED) is 0.643. The van der Waals surface area contributed by atoms with Crippen LogP contribution >= 0.6 is 0 Å². The molecule has 0 radical (unpaired) electrons. The predicted molar refractivity (Wildman–Crippen MR) is 108 cm³/mol. The maximum Gasteiger partial charge on any atom is 0.290 e. The van der Waals surface area contributed by atoms with Gasteiger partial charge < -0.3 is 24.8 Å². The van der Waals surface area contributed by atoms with Crippen LogP contribution in [0.3, 0.4) is 0 Å². The molecule has 3 saturated heterocycles. The van der Waals surface area contributed by atoms with Crippen molar-refractivity contribution in [2.75, 3.05) is 31.6 Å². The Morgan fingerprint density at radius 3 is 2.81 bits per heavy atom. The number of amides is 1. The summed E-state index contributed by atoms with van der Waals surface area (Å²) in [6.07, 6.45) is 10.2. The lowest BCUT2D eigenvalue weighted by atomic mass is 9.73. The van der Waals surface area contributed by atoms with Crippen molar-refractivity contribution < 1.29 is 24.2 Å². The maximum atomic E-state index is 12.3. The van der Waals surface area contributed by atoms with Gasteiger partial charge in [-0.1, -0.05) is 0 Å². The van der Waals surface area contributed by atoms with Gasteiger partial charge >= 0.3 is 0 Å². The fourth-order valence-corrected chi connectivity index (χ4v) is 4.91. The van der Waals surface area contributed by atoms with Gasteiger partial charge in [0.25, 0.3) is 12.4 Å². The minimum absolute atomic E-state index is 0.157. The number of carboxylic acid groups (broad SMARTS) is 1. The minimum atomic E-state index is -0.250. The van der Waals surface area contributed by atoms with E-state index in [1.165, 1.54) is 12.4 Å². The van der Waals surface area contributed by atoms with E-state index >= 15 is 0 Å². The van der Waals surface area contributed by atoms with Gasteiger partial charge in [0.05, 0.1) is 44.0 Å². The number of anilines is 1. The number of ether oxygens (including phenoxy) is 2. The van der Waals surface area contributed by atoms with Gasteiger partial charge in [-0.25, -0.2) is 15.0 Å². The Morgan fingerprint density at radius 2 is 2.13 bits per heavy atom. The maximum absolute atomic E-state index is 12.3. The molecule has 11 heteroatoms. The number of carbonyl (C=O) groups excluding carboxylic acids is 1. The van der Waals surface area contributed by atoms with E-state index in [1.54, 1.807) is 25.7 Å². The highest BCUT2D eigenvalue weighted by atomic mass is 16.5. The summed E-state index contributed by atoms with van der Waals surface area (Å²) in [5, 5.41) is 9.91. The van der Waals surface area contributed by atoms with Crippen molar-refractivity contribution in [1.29, 1.82) is 0 Å². The second-order valence-electron chi connectivity index (χ2n) is 7.74. The van der Waals surface area contributed by atoms with Crippen molar-refractivity contribution in [3.8, 4) is 5.75 Å². The average Bonchev–Trinajstić information content (AvgIpc) is 3.47. The third kappa shape index (κ3) is 4.00. The van der Waals surface area contributed by atoms with E-state index in [2.05, 4.69) is 30.2 Å². The molecule has 2 N–H and O–H groups in total. The fourth-order valence-electron chi connectivity index (χ4n) is 4.91. The molecule has 0 saturated carbocycles. The van der Waals surface area contributed by atoms with Crippen LogP contribution in [0.4, 0.5) is 5.95 Å². The Bertz CT molecular complexity index is 914. The molecule has 164 valence electrons. The summed E-state index contributed by atoms with van der Waals surface area (Å²) in [5.74, 6) is 1.76. The van der Waals surface area contributed by atoms with Crippen LogP contribution in [0.1, 0.15) is 23.3 Å². The molecule has 2 aromatic heterocycles. The average molecular weight is 428 g/mol. The molecule has 2 bridgehead atoms. The van der Waals surface area contributed by atoms with Gasteiger partial charge in [-0.3, -0.25) is 14.6 Å². The summed E-state index contributed by atoms with van der Waals surface area (Å²) in [4.78, 5) is 39.8. The minimum Gasteiger partial charge on any atom is -0.494 e. The lowest BCUT2D eigenvalue weighted by Gasteiger charge is -2.29. The zero-order valence-electron chi connectivity index (χ0n) is 17.0. The van der Waals surface area contributed by atoms with Crippen LogP contribution in [-0.4, -0.2) is 75.9 Å². The summed E-state index contributed by atoms with van der Waals surface area (Å²) < 4.78 is 11.6. The Kier molecular flexibility index (Phi) is 5.94. The number of hydrogen-bond donors (Lipinski definition) is 2. The monoisotopic (exact) mass is 428 g/mol. The first-order chi connectivity index (χ1) is 15.1. The Morgan fingerprint density at radius 1 is 1.35 bits per heavy atom. The van der Waals surface area contributed by atoms with Crippen molar-refractivity contribution >= 4 is 18.3 Å². The molecule has 1 spiro atoms. The van der Waals surface area contributed by atoms with Crippen molar-refractivity contribution in [3.05, 3.63) is 36.7 Å². The number of rotatable bonds is 5. The molecule has 0 aromatic carbocycles. The molecule has 0 aliphatic carbocycles. The normalized spacial score (nSPS) is 27.8. The topological polar surface area (TPSA) is 140 Å². The SMILES string of the molecule is COc1cnc(N2C[C@@H]3[C@H](CNC(=O)c4cnccn4)[C@H]4CC[C@]3(C2)O4)nc1.O=CO. The molecular weight excluding hydrogens is 404 g/mol. The smallest absolute Gasteiger partial charge is 0.290 e. The highest BCUT2D eigenvalue weighted by Crippen LogP contribution is 2.54. The van der Waals surface area contributed by atoms with Crippen LogP contribution in [0.2, 0.25) is 0 Å². The van der Waals surface area contributed by atoms with Crippen molar-refractivity contribution in [2.45, 2.75) is 24.5 Å². The van der Waals surface area contributed by atoms with Crippen LogP contribution in [0.25, 0.3) is 0 Å². The van der Waals surface area contributed by atoms with E-state index < -0.39 is 0 Å². The molecule has 5 heterocycles. The van der Waals surface area contributed by atoms with E-state index in [0.717, 1.165) is 25.9 Å². The second-order valence-corrected chi connectivity index (χ2v) is 7.74. The second kappa shape index (κ2) is 8.80. The lowest BCUT2D eigenvalue weighted by Crippen LogP contribution is -2.42.